The third-order valence-electron chi connectivity index (χ3n) is 6.58. The van der Waals surface area contributed by atoms with Gasteiger partial charge in [0.15, 0.2) is 0 Å². The van der Waals surface area contributed by atoms with E-state index in [0.717, 1.165) is 60.6 Å². The molecule has 0 radical (unpaired) electrons. The van der Waals surface area contributed by atoms with Crippen molar-refractivity contribution in [3.63, 3.8) is 0 Å². The van der Waals surface area contributed by atoms with Crippen molar-refractivity contribution < 1.29 is 14.7 Å². The average Bonchev–Trinajstić information content (AvgIpc) is 3.25. The molecule has 3 N–H and O–H groups in total. The normalized spacial score (nSPS) is 24.0. The van der Waals surface area contributed by atoms with Crippen LogP contribution in [0.5, 0.6) is 0 Å². The first-order chi connectivity index (χ1) is 15.4. The van der Waals surface area contributed by atoms with Gasteiger partial charge in [-0.15, -0.1) is 11.3 Å². The molecule has 32 heavy (non-hydrogen) atoms. The quantitative estimate of drug-likeness (QED) is 0.595. The Hall–Kier alpha value is -2.29. The summed E-state index contributed by atoms with van der Waals surface area (Å²) < 4.78 is 0. The minimum Gasteiger partial charge on any atom is -0.384 e. The highest BCUT2D eigenvalue weighted by atomic mass is 32.1. The third kappa shape index (κ3) is 5.19. The van der Waals surface area contributed by atoms with Crippen LogP contribution in [0.1, 0.15) is 58.4 Å². The van der Waals surface area contributed by atoms with Crippen LogP contribution >= 0.6 is 11.3 Å². The number of rotatable bonds is 7. The number of aryl methyl sites for hydroxylation is 2. The molecule has 1 aliphatic heterocycles. The summed E-state index contributed by atoms with van der Waals surface area (Å²) in [5.74, 6) is -0.397. The lowest BCUT2D eigenvalue weighted by atomic mass is 9.80. The van der Waals surface area contributed by atoms with E-state index >= 15 is 0 Å². The molecule has 4 rings (SSSR count). The number of amides is 2. The van der Waals surface area contributed by atoms with Crippen LogP contribution in [0.2, 0.25) is 0 Å². The first-order valence-corrected chi connectivity index (χ1v) is 12.2. The van der Waals surface area contributed by atoms with E-state index in [4.69, 9.17) is 0 Å². The first-order valence-electron chi connectivity index (χ1n) is 11.4. The average molecular weight is 457 g/mol. The molecule has 1 aromatic heterocycles. The Balaban J connectivity index is 1.16. The van der Waals surface area contributed by atoms with Gasteiger partial charge in [-0.25, -0.2) is 4.98 Å². The molecule has 8 heteroatoms. The van der Waals surface area contributed by atoms with Gasteiger partial charge in [0.1, 0.15) is 5.60 Å². The maximum Gasteiger partial charge on any atom is 0.251 e. The molecule has 2 amide bonds. The number of hydrogen-bond donors (Lipinski definition) is 3. The summed E-state index contributed by atoms with van der Waals surface area (Å²) in [4.78, 5) is 32.2. The number of nitrogens with one attached hydrogen (secondary N) is 2. The molecule has 2 aromatic rings. The van der Waals surface area contributed by atoms with E-state index < -0.39 is 5.60 Å². The summed E-state index contributed by atoms with van der Waals surface area (Å²) in [5.41, 5.74) is 0.833. The molecule has 7 nitrogen and oxygen atoms in total. The second-order valence-corrected chi connectivity index (χ2v) is 10.1. The van der Waals surface area contributed by atoms with Crippen LogP contribution in [0.15, 0.2) is 30.5 Å². The Kier molecular flexibility index (Phi) is 6.93. The van der Waals surface area contributed by atoms with Crippen LogP contribution in [-0.4, -0.2) is 58.5 Å². The summed E-state index contributed by atoms with van der Waals surface area (Å²) in [6.07, 6.45) is 6.14. The molecule has 1 aromatic carbocycles. The van der Waals surface area contributed by atoms with Crippen molar-refractivity contribution in [1.29, 1.82) is 0 Å². The number of carbonyl (C=O) groups excluding carboxylic acids is 2. The highest BCUT2D eigenvalue weighted by Crippen LogP contribution is 2.41. The van der Waals surface area contributed by atoms with Gasteiger partial charge < -0.3 is 15.7 Å². The van der Waals surface area contributed by atoms with Gasteiger partial charge in [-0.05, 0) is 51.2 Å². The van der Waals surface area contributed by atoms with Crippen molar-refractivity contribution in [3.8, 4) is 0 Å². The molecular weight excluding hydrogens is 424 g/mol. The second kappa shape index (κ2) is 9.68. The molecule has 1 aliphatic carbocycles. The summed E-state index contributed by atoms with van der Waals surface area (Å²) in [7, 11) is 0. The van der Waals surface area contributed by atoms with Crippen LogP contribution in [-0.2, 0) is 16.8 Å². The van der Waals surface area contributed by atoms with Gasteiger partial charge >= 0.3 is 0 Å². The second-order valence-electron chi connectivity index (χ2n) is 9.01. The summed E-state index contributed by atoms with van der Waals surface area (Å²) in [6, 6.07) is 7.88. The Labute approximate surface area is 193 Å². The van der Waals surface area contributed by atoms with Gasteiger partial charge in [-0.2, -0.15) is 0 Å². The highest BCUT2D eigenvalue weighted by molar-refractivity contribution is 7.11. The minimum absolute atomic E-state index is 0.0195. The highest BCUT2D eigenvalue weighted by Gasteiger charge is 2.41. The van der Waals surface area contributed by atoms with Gasteiger partial charge in [0.25, 0.3) is 5.91 Å². The Morgan fingerprint density at radius 2 is 2.03 bits per heavy atom. The lowest BCUT2D eigenvalue weighted by Crippen LogP contribution is -2.63. The summed E-state index contributed by atoms with van der Waals surface area (Å²) in [6.45, 7) is 5.64. The van der Waals surface area contributed by atoms with Crippen LogP contribution in [0.25, 0.3) is 0 Å². The standard InChI is InChI=1S/C24H32N4O3S/c1-3-22-25-12-20(32-22)24(31)9-7-19(8-10-24)28-14-18(15-28)27-21(29)13-26-23(30)17-6-4-5-16(2)11-17/h4-6,11-12,18-19,31H,3,7-10,13-15H2,1-2H3,(H,26,30)(H,27,29). The monoisotopic (exact) mass is 456 g/mol. The lowest BCUT2D eigenvalue weighted by molar-refractivity contribution is -0.122. The molecule has 0 atom stereocenters. The molecule has 0 unspecified atom stereocenters. The zero-order chi connectivity index (χ0) is 22.7. The van der Waals surface area contributed by atoms with Crippen molar-refractivity contribution in [1.82, 2.24) is 20.5 Å². The van der Waals surface area contributed by atoms with Crippen LogP contribution in [0, 0.1) is 6.92 Å². The van der Waals surface area contributed by atoms with Gasteiger partial charge in [-0.1, -0.05) is 24.6 Å². The fourth-order valence-electron chi connectivity index (χ4n) is 4.61. The molecule has 2 heterocycles. The zero-order valence-electron chi connectivity index (χ0n) is 18.8. The van der Waals surface area contributed by atoms with E-state index in [1.165, 1.54) is 0 Å². The fourth-order valence-corrected chi connectivity index (χ4v) is 5.61. The predicted molar refractivity (Wildman–Crippen MR) is 125 cm³/mol. The Morgan fingerprint density at radius 3 is 2.69 bits per heavy atom. The minimum atomic E-state index is -0.741. The van der Waals surface area contributed by atoms with Crippen molar-refractivity contribution in [2.75, 3.05) is 19.6 Å². The fraction of sp³-hybridized carbons (Fsp3) is 0.542. The number of benzene rings is 1. The van der Waals surface area contributed by atoms with E-state index in [9.17, 15) is 14.7 Å². The molecule has 172 valence electrons. The first kappa shape index (κ1) is 22.9. The maximum atomic E-state index is 12.2. The van der Waals surface area contributed by atoms with E-state index in [-0.39, 0.29) is 24.4 Å². The van der Waals surface area contributed by atoms with E-state index in [1.54, 1.807) is 23.5 Å². The SMILES string of the molecule is CCc1ncc(C2(O)CCC(N3CC(NC(=O)CNC(=O)c4cccc(C)c4)C3)CC2)s1. The van der Waals surface area contributed by atoms with Crippen LogP contribution in [0.3, 0.4) is 0 Å². The number of aliphatic hydroxyl groups is 1. The smallest absolute Gasteiger partial charge is 0.251 e. The number of nitrogens with zero attached hydrogens (tertiary/aromatic N) is 2. The van der Waals surface area contributed by atoms with Crippen LogP contribution < -0.4 is 10.6 Å². The van der Waals surface area contributed by atoms with Gasteiger partial charge in [0.05, 0.1) is 22.5 Å². The van der Waals surface area contributed by atoms with Gasteiger partial charge in [0, 0.05) is 30.9 Å². The molecule has 1 saturated heterocycles. The maximum absolute atomic E-state index is 12.2. The Bertz CT molecular complexity index is 962. The van der Waals surface area contributed by atoms with Crippen LogP contribution in [0.4, 0.5) is 0 Å². The number of thiazole rings is 1. The van der Waals surface area contributed by atoms with Gasteiger partial charge in [0.2, 0.25) is 5.91 Å². The molecule has 0 spiro atoms. The topological polar surface area (TPSA) is 94.6 Å². The number of hydrogen-bond acceptors (Lipinski definition) is 6. The largest absolute Gasteiger partial charge is 0.384 e. The van der Waals surface area contributed by atoms with E-state index in [2.05, 4.69) is 27.4 Å². The lowest BCUT2D eigenvalue weighted by Gasteiger charge is -2.48. The zero-order valence-corrected chi connectivity index (χ0v) is 19.6. The number of aromatic nitrogens is 1. The Morgan fingerprint density at radius 1 is 1.28 bits per heavy atom. The van der Waals surface area contributed by atoms with E-state index in [0.29, 0.717) is 11.6 Å². The molecule has 2 aliphatic rings. The van der Waals surface area contributed by atoms with Crippen molar-refractivity contribution in [2.24, 2.45) is 0 Å². The summed E-state index contributed by atoms with van der Waals surface area (Å²) in [5, 5.41) is 17.8. The molecule has 2 fully saturated rings. The van der Waals surface area contributed by atoms with Crippen molar-refractivity contribution >= 4 is 23.2 Å². The third-order valence-corrected chi connectivity index (χ3v) is 7.91. The molecule has 1 saturated carbocycles. The molecular formula is C24H32N4O3S. The van der Waals surface area contributed by atoms with Gasteiger partial charge in [-0.3, -0.25) is 14.5 Å². The number of carbonyl (C=O) groups is 2. The predicted octanol–water partition coefficient (Wildman–Crippen LogP) is 2.37. The summed E-state index contributed by atoms with van der Waals surface area (Å²) >= 11 is 1.63. The number of likely N-dealkylation sites (tertiary alicyclic amines) is 1. The van der Waals surface area contributed by atoms with Crippen molar-refractivity contribution in [3.05, 3.63) is 51.5 Å². The van der Waals surface area contributed by atoms with Crippen molar-refractivity contribution in [2.45, 2.75) is 63.6 Å². The van der Waals surface area contributed by atoms with E-state index in [1.807, 2.05) is 25.3 Å². The molecule has 0 bridgehead atoms.